The average Bonchev–Trinajstić information content (AvgIpc) is 3.14. The Bertz CT molecular complexity index is 898. The second-order valence-electron chi connectivity index (χ2n) is 7.26. The van der Waals surface area contributed by atoms with E-state index in [1.165, 1.54) is 0 Å². The van der Waals surface area contributed by atoms with Crippen LogP contribution < -0.4 is 5.69 Å². The number of carboxylic acid groups (broad SMARTS) is 1. The van der Waals surface area contributed by atoms with Crippen molar-refractivity contribution in [1.82, 2.24) is 14.0 Å². The third-order valence-electron chi connectivity index (χ3n) is 5.26. The van der Waals surface area contributed by atoms with Crippen LogP contribution in [0.1, 0.15) is 33.1 Å². The lowest BCUT2D eigenvalue weighted by atomic mass is 9.90. The lowest BCUT2D eigenvalue weighted by Gasteiger charge is -2.20. The number of fused-ring (bicyclic) bond motifs is 1. The summed E-state index contributed by atoms with van der Waals surface area (Å²) < 4.78 is 3.40. The number of carbonyl (C=O) groups excluding carboxylic acids is 1. The average molecular weight is 359 g/mol. The molecule has 1 atom stereocenters. The van der Waals surface area contributed by atoms with Crippen LogP contribution in [0.3, 0.4) is 0 Å². The number of hydrogen-bond donors (Lipinski definition) is 1. The third kappa shape index (κ3) is 3.13. The number of aliphatic carboxylic acids is 1. The monoisotopic (exact) mass is 359 g/mol. The highest BCUT2D eigenvalue weighted by Crippen LogP contribution is 2.30. The highest BCUT2D eigenvalue weighted by molar-refractivity contribution is 5.81. The summed E-state index contributed by atoms with van der Waals surface area (Å²) in [7, 11) is 0. The van der Waals surface area contributed by atoms with E-state index >= 15 is 0 Å². The van der Waals surface area contributed by atoms with Gasteiger partial charge in [0.25, 0.3) is 0 Å². The van der Waals surface area contributed by atoms with E-state index in [1.807, 2.05) is 31.2 Å². The van der Waals surface area contributed by atoms with Crippen molar-refractivity contribution >= 4 is 22.9 Å². The van der Waals surface area contributed by atoms with Gasteiger partial charge in [-0.2, -0.15) is 0 Å². The number of likely N-dealkylation sites (tertiary alicyclic amines) is 1. The number of carbonyl (C=O) groups is 2. The number of imidazole rings is 1. The number of rotatable bonds is 6. The van der Waals surface area contributed by atoms with Gasteiger partial charge in [0.15, 0.2) is 0 Å². The normalized spacial score (nSPS) is 20.0. The Balaban J connectivity index is 1.76. The van der Waals surface area contributed by atoms with E-state index in [2.05, 4.69) is 0 Å². The van der Waals surface area contributed by atoms with E-state index in [1.54, 1.807) is 21.0 Å². The van der Waals surface area contributed by atoms with Crippen molar-refractivity contribution < 1.29 is 14.7 Å². The van der Waals surface area contributed by atoms with E-state index < -0.39 is 11.4 Å². The molecule has 3 rings (SSSR count). The molecule has 1 fully saturated rings. The van der Waals surface area contributed by atoms with E-state index in [-0.39, 0.29) is 24.6 Å². The van der Waals surface area contributed by atoms with Crippen LogP contribution in [0.15, 0.2) is 29.1 Å². The predicted octanol–water partition coefficient (Wildman–Crippen LogP) is 1.93. The molecule has 1 aliphatic heterocycles. The summed E-state index contributed by atoms with van der Waals surface area (Å²) in [5, 5.41) is 9.30. The number of carboxylic acids is 1. The molecule has 0 bridgehead atoms. The molecule has 2 aromatic rings. The van der Waals surface area contributed by atoms with E-state index in [0.29, 0.717) is 26.1 Å². The van der Waals surface area contributed by atoms with Gasteiger partial charge in [0.1, 0.15) is 0 Å². The van der Waals surface area contributed by atoms with Crippen molar-refractivity contribution in [3.8, 4) is 0 Å². The Kier molecular flexibility index (Phi) is 4.89. The molecule has 7 heteroatoms. The smallest absolute Gasteiger partial charge is 0.329 e. The molecule has 1 aromatic carbocycles. The highest BCUT2D eigenvalue weighted by Gasteiger charge is 2.41. The van der Waals surface area contributed by atoms with Gasteiger partial charge in [0, 0.05) is 32.6 Å². The van der Waals surface area contributed by atoms with Crippen molar-refractivity contribution in [1.29, 1.82) is 0 Å². The number of nitrogens with zero attached hydrogens (tertiary/aromatic N) is 3. The summed E-state index contributed by atoms with van der Waals surface area (Å²) in [5.74, 6) is -0.971. The number of hydrogen-bond acceptors (Lipinski definition) is 3. The molecule has 140 valence electrons. The van der Waals surface area contributed by atoms with E-state index in [4.69, 9.17) is 0 Å². The Morgan fingerprint density at radius 1 is 1.15 bits per heavy atom. The van der Waals surface area contributed by atoms with Crippen LogP contribution in [0.25, 0.3) is 11.0 Å². The van der Waals surface area contributed by atoms with Gasteiger partial charge in [0.2, 0.25) is 5.91 Å². The van der Waals surface area contributed by atoms with Crippen LogP contribution in [-0.2, 0) is 22.7 Å². The Labute approximate surface area is 151 Å². The van der Waals surface area contributed by atoms with E-state index in [9.17, 15) is 19.5 Å². The zero-order valence-electron chi connectivity index (χ0n) is 15.3. The van der Waals surface area contributed by atoms with Crippen LogP contribution in [0.5, 0.6) is 0 Å². The van der Waals surface area contributed by atoms with Gasteiger partial charge in [-0.3, -0.25) is 18.7 Å². The lowest BCUT2D eigenvalue weighted by Crippen LogP contribution is -2.35. The SMILES string of the molecule is CCCn1c(=O)n(CCC(=O)N2CC[C@](C)(C(=O)O)C2)c2ccccc21. The van der Waals surface area contributed by atoms with Crippen LogP contribution >= 0.6 is 0 Å². The first-order chi connectivity index (χ1) is 12.4. The summed E-state index contributed by atoms with van der Waals surface area (Å²) in [5.41, 5.74) is 0.739. The zero-order valence-corrected chi connectivity index (χ0v) is 15.3. The van der Waals surface area contributed by atoms with Gasteiger partial charge in [-0.05, 0) is 31.9 Å². The molecule has 0 radical (unpaired) electrons. The van der Waals surface area contributed by atoms with Gasteiger partial charge in [0.05, 0.1) is 16.4 Å². The molecular weight excluding hydrogens is 334 g/mol. The second-order valence-corrected chi connectivity index (χ2v) is 7.26. The van der Waals surface area contributed by atoms with Gasteiger partial charge in [-0.1, -0.05) is 19.1 Å². The summed E-state index contributed by atoms with van der Waals surface area (Å²) in [6.07, 6.45) is 1.51. The molecule has 7 nitrogen and oxygen atoms in total. The molecule has 1 N–H and O–H groups in total. The Hall–Kier alpha value is -2.57. The molecule has 0 spiro atoms. The maximum Gasteiger partial charge on any atom is 0.329 e. The van der Waals surface area contributed by atoms with Crippen molar-refractivity contribution in [3.05, 3.63) is 34.7 Å². The molecule has 2 heterocycles. The lowest BCUT2D eigenvalue weighted by molar-refractivity contribution is -0.147. The Morgan fingerprint density at radius 3 is 2.31 bits per heavy atom. The number of aryl methyl sites for hydroxylation is 2. The number of benzene rings is 1. The molecule has 26 heavy (non-hydrogen) atoms. The molecule has 0 saturated carbocycles. The van der Waals surface area contributed by atoms with Crippen LogP contribution in [0, 0.1) is 5.41 Å². The predicted molar refractivity (Wildman–Crippen MR) is 98.0 cm³/mol. The van der Waals surface area contributed by atoms with Crippen molar-refractivity contribution in [2.24, 2.45) is 5.41 Å². The number of para-hydroxylation sites is 2. The Morgan fingerprint density at radius 2 is 1.77 bits per heavy atom. The maximum absolute atomic E-state index is 12.7. The van der Waals surface area contributed by atoms with Crippen molar-refractivity contribution in [3.63, 3.8) is 0 Å². The first kappa shape index (κ1) is 18.2. The first-order valence-electron chi connectivity index (χ1n) is 9.06. The molecule has 0 unspecified atom stereocenters. The topological polar surface area (TPSA) is 84.5 Å². The minimum atomic E-state index is -0.871. The zero-order chi connectivity index (χ0) is 18.9. The fraction of sp³-hybridized carbons (Fsp3) is 0.526. The van der Waals surface area contributed by atoms with Gasteiger partial charge in [-0.15, -0.1) is 0 Å². The summed E-state index contributed by atoms with van der Waals surface area (Å²) in [6, 6.07) is 7.60. The van der Waals surface area contributed by atoms with Crippen LogP contribution in [0.2, 0.25) is 0 Å². The number of amides is 1. The van der Waals surface area contributed by atoms with Crippen LogP contribution in [0.4, 0.5) is 0 Å². The highest BCUT2D eigenvalue weighted by atomic mass is 16.4. The molecule has 1 saturated heterocycles. The summed E-state index contributed by atoms with van der Waals surface area (Å²) >= 11 is 0. The fourth-order valence-electron chi connectivity index (χ4n) is 3.64. The van der Waals surface area contributed by atoms with Crippen molar-refractivity contribution in [2.45, 2.75) is 46.2 Å². The second kappa shape index (κ2) is 6.97. The summed E-state index contributed by atoms with van der Waals surface area (Å²) in [4.78, 5) is 38.2. The number of aromatic nitrogens is 2. The van der Waals surface area contributed by atoms with Gasteiger partial charge >= 0.3 is 11.7 Å². The minimum Gasteiger partial charge on any atom is -0.481 e. The quantitative estimate of drug-likeness (QED) is 0.854. The van der Waals surface area contributed by atoms with Crippen LogP contribution in [-0.4, -0.2) is 44.1 Å². The maximum atomic E-state index is 12.7. The summed E-state index contributed by atoms with van der Waals surface area (Å²) in [6.45, 7) is 5.32. The standard InChI is InChI=1S/C19H25N3O4/c1-3-10-21-14-6-4-5-7-15(14)22(18(21)26)11-8-16(23)20-12-9-19(2,13-20)17(24)25/h4-7H,3,8-13H2,1-2H3,(H,24,25)/t19-/m0/s1. The minimum absolute atomic E-state index is 0.0994. The van der Waals surface area contributed by atoms with E-state index in [0.717, 1.165) is 17.5 Å². The van der Waals surface area contributed by atoms with Crippen molar-refractivity contribution in [2.75, 3.05) is 13.1 Å². The molecular formula is C19H25N3O4. The fourth-order valence-corrected chi connectivity index (χ4v) is 3.64. The molecule has 0 aliphatic carbocycles. The van der Waals surface area contributed by atoms with Gasteiger partial charge < -0.3 is 10.0 Å². The third-order valence-corrected chi connectivity index (χ3v) is 5.26. The molecule has 1 aromatic heterocycles. The molecule has 1 amide bonds. The molecule has 1 aliphatic rings. The van der Waals surface area contributed by atoms with Gasteiger partial charge in [-0.25, -0.2) is 4.79 Å². The first-order valence-corrected chi connectivity index (χ1v) is 9.06. The largest absolute Gasteiger partial charge is 0.481 e.